The van der Waals surface area contributed by atoms with E-state index >= 15 is 0 Å². The van der Waals surface area contributed by atoms with E-state index in [1.54, 1.807) is 18.5 Å². The summed E-state index contributed by atoms with van der Waals surface area (Å²) in [6.07, 6.45) is 5.27. The molecule has 2 rings (SSSR count). The number of hydrogen-bond donors (Lipinski definition) is 1. The molecule has 0 fully saturated rings. The molecule has 0 unspecified atom stereocenters. The van der Waals surface area contributed by atoms with Crippen LogP contribution >= 0.6 is 0 Å². The first-order valence-corrected chi connectivity index (χ1v) is 4.76. The Labute approximate surface area is 88.5 Å². The van der Waals surface area contributed by atoms with Crippen molar-refractivity contribution in [3.8, 4) is 0 Å². The number of pyridine rings is 1. The van der Waals surface area contributed by atoms with Crippen molar-refractivity contribution in [2.24, 2.45) is 9.98 Å². The van der Waals surface area contributed by atoms with Crippen LogP contribution in [0.2, 0.25) is 0 Å². The molecule has 2 heterocycles. The summed E-state index contributed by atoms with van der Waals surface area (Å²) in [7, 11) is 0. The Bertz CT molecular complexity index is 420. The van der Waals surface area contributed by atoms with Crippen LogP contribution in [0.5, 0.6) is 0 Å². The van der Waals surface area contributed by atoms with Crippen molar-refractivity contribution in [1.29, 1.82) is 0 Å². The molecule has 1 aliphatic rings. The van der Waals surface area contributed by atoms with Gasteiger partial charge in [-0.3, -0.25) is 15.0 Å². The molecule has 4 heteroatoms. The second-order valence-electron chi connectivity index (χ2n) is 3.11. The highest BCUT2D eigenvalue weighted by Gasteiger charge is 2.07. The molecule has 0 aliphatic carbocycles. The van der Waals surface area contributed by atoms with Crippen LogP contribution in [0.3, 0.4) is 0 Å². The van der Waals surface area contributed by atoms with E-state index in [4.69, 9.17) is 0 Å². The van der Waals surface area contributed by atoms with Crippen molar-refractivity contribution in [3.05, 3.63) is 36.7 Å². The molecule has 0 saturated heterocycles. The third-order valence-corrected chi connectivity index (χ3v) is 1.98. The van der Waals surface area contributed by atoms with Crippen molar-refractivity contribution in [3.63, 3.8) is 0 Å². The van der Waals surface area contributed by atoms with Crippen LogP contribution in [0.25, 0.3) is 0 Å². The largest absolute Gasteiger partial charge is 0.341 e. The van der Waals surface area contributed by atoms with Gasteiger partial charge in [0, 0.05) is 12.4 Å². The molecular weight excluding hydrogens is 188 g/mol. The van der Waals surface area contributed by atoms with Crippen LogP contribution in [0.15, 0.2) is 41.0 Å². The number of hydrogen-bond acceptors (Lipinski definition) is 3. The third kappa shape index (κ3) is 2.28. The van der Waals surface area contributed by atoms with E-state index in [2.05, 4.69) is 26.9 Å². The molecule has 0 bridgehead atoms. The maximum Gasteiger partial charge on any atom is 0.123 e. The van der Waals surface area contributed by atoms with Gasteiger partial charge in [0.1, 0.15) is 11.5 Å². The number of aromatic nitrogens is 1. The van der Waals surface area contributed by atoms with Crippen LogP contribution in [-0.4, -0.2) is 30.1 Å². The molecule has 0 aromatic carbocycles. The second kappa shape index (κ2) is 4.50. The van der Waals surface area contributed by atoms with Crippen molar-refractivity contribution in [1.82, 2.24) is 4.98 Å². The fourth-order valence-corrected chi connectivity index (χ4v) is 1.30. The van der Waals surface area contributed by atoms with Crippen molar-refractivity contribution < 1.29 is 0 Å². The fourth-order valence-electron chi connectivity index (χ4n) is 1.30. The lowest BCUT2D eigenvalue weighted by molar-refractivity contribution is 1.19. The lowest BCUT2D eigenvalue weighted by Crippen LogP contribution is -2.15. The van der Waals surface area contributed by atoms with Gasteiger partial charge in [0.25, 0.3) is 0 Å². The fraction of sp³-hybridized carbons (Fsp3) is 0.182. The third-order valence-electron chi connectivity index (χ3n) is 1.98. The minimum atomic E-state index is 0.560. The normalized spacial score (nSPS) is 16.7. The van der Waals surface area contributed by atoms with Crippen molar-refractivity contribution in [2.75, 3.05) is 18.4 Å². The molecule has 0 atom stereocenters. The lowest BCUT2D eigenvalue weighted by atomic mass is 10.3. The number of nitrogens with one attached hydrogen (secondary N) is 1. The molecule has 0 saturated carbocycles. The summed E-state index contributed by atoms with van der Waals surface area (Å²) >= 11 is 0. The van der Waals surface area contributed by atoms with Crippen LogP contribution in [0.4, 0.5) is 5.69 Å². The summed E-state index contributed by atoms with van der Waals surface area (Å²) in [5.41, 5.74) is 1.79. The van der Waals surface area contributed by atoms with Gasteiger partial charge >= 0.3 is 0 Å². The Morgan fingerprint density at radius 2 is 2.53 bits per heavy atom. The zero-order valence-corrected chi connectivity index (χ0v) is 8.35. The monoisotopic (exact) mass is 200 g/mol. The molecular formula is C11H12N4. The quantitative estimate of drug-likeness (QED) is 0.736. The zero-order valence-electron chi connectivity index (χ0n) is 8.35. The first-order chi connectivity index (χ1) is 7.40. The van der Waals surface area contributed by atoms with Gasteiger partial charge < -0.3 is 5.32 Å². The van der Waals surface area contributed by atoms with Gasteiger partial charge in [0.05, 0.1) is 18.8 Å². The van der Waals surface area contributed by atoms with Crippen LogP contribution < -0.4 is 5.32 Å². The molecule has 76 valence electrons. The Morgan fingerprint density at radius 1 is 1.60 bits per heavy atom. The highest BCUT2D eigenvalue weighted by molar-refractivity contribution is 6.03. The number of nitrogens with zero attached hydrogens (tertiary/aromatic N) is 3. The van der Waals surface area contributed by atoms with Gasteiger partial charge in [0.2, 0.25) is 0 Å². The average molecular weight is 200 g/mol. The standard InChI is InChI=1S/C11H12N4/c1-2-5-14-11-8-12-7-10-9(15-11)4-3-6-13-10/h2-4,6-7H,1,5,8H2,(H,14,15). The van der Waals surface area contributed by atoms with E-state index in [1.165, 1.54) is 0 Å². The molecule has 1 aromatic heterocycles. The predicted octanol–water partition coefficient (Wildman–Crippen LogP) is 1.51. The number of fused-ring (bicyclic) bond motifs is 1. The summed E-state index contributed by atoms with van der Waals surface area (Å²) in [5, 5.41) is 3.21. The Hall–Kier alpha value is -1.97. The summed E-state index contributed by atoms with van der Waals surface area (Å²) in [5.74, 6) is 0.845. The molecule has 0 amide bonds. The number of rotatable bonds is 2. The summed E-state index contributed by atoms with van der Waals surface area (Å²) in [4.78, 5) is 12.7. The smallest absolute Gasteiger partial charge is 0.123 e. The molecule has 1 aromatic rings. The Morgan fingerprint density at radius 3 is 3.40 bits per heavy atom. The van der Waals surface area contributed by atoms with Crippen LogP contribution in [0.1, 0.15) is 5.69 Å². The van der Waals surface area contributed by atoms with E-state index in [0.29, 0.717) is 13.1 Å². The van der Waals surface area contributed by atoms with Crippen molar-refractivity contribution >= 4 is 17.7 Å². The number of anilines is 1. The van der Waals surface area contributed by atoms with E-state index < -0.39 is 0 Å². The maximum absolute atomic E-state index is 4.31. The predicted molar refractivity (Wildman–Crippen MR) is 62.8 cm³/mol. The van der Waals surface area contributed by atoms with Crippen LogP contribution in [0, 0.1) is 0 Å². The van der Waals surface area contributed by atoms with Crippen LogP contribution in [-0.2, 0) is 0 Å². The van der Waals surface area contributed by atoms with Gasteiger partial charge in [-0.25, -0.2) is 0 Å². The highest BCUT2D eigenvalue weighted by Crippen LogP contribution is 2.12. The molecule has 4 nitrogen and oxygen atoms in total. The van der Waals surface area contributed by atoms with E-state index in [-0.39, 0.29) is 0 Å². The maximum atomic E-state index is 4.31. The molecule has 1 N–H and O–H groups in total. The second-order valence-corrected chi connectivity index (χ2v) is 3.11. The van der Waals surface area contributed by atoms with Gasteiger partial charge in [-0.05, 0) is 12.1 Å². The topological polar surface area (TPSA) is 49.6 Å². The van der Waals surface area contributed by atoms with Gasteiger partial charge in [-0.2, -0.15) is 0 Å². The molecule has 1 aliphatic heterocycles. The number of amidine groups is 1. The summed E-state index contributed by atoms with van der Waals surface area (Å²) in [6.45, 7) is 4.79. The van der Waals surface area contributed by atoms with E-state index in [0.717, 1.165) is 17.2 Å². The number of aliphatic imine (C=N–C) groups is 2. The van der Waals surface area contributed by atoms with Gasteiger partial charge in [-0.1, -0.05) is 6.08 Å². The molecule has 0 spiro atoms. The zero-order chi connectivity index (χ0) is 10.5. The minimum absolute atomic E-state index is 0.560. The molecule has 0 radical (unpaired) electrons. The summed E-state index contributed by atoms with van der Waals surface area (Å²) < 4.78 is 0. The lowest BCUT2D eigenvalue weighted by Gasteiger charge is -2.06. The summed E-state index contributed by atoms with van der Waals surface area (Å²) in [6, 6.07) is 3.85. The van der Waals surface area contributed by atoms with Gasteiger partial charge in [0.15, 0.2) is 0 Å². The SMILES string of the molecule is C=CCN=C1CN=Cc2ncccc2N1. The van der Waals surface area contributed by atoms with Crippen molar-refractivity contribution in [2.45, 2.75) is 0 Å². The van der Waals surface area contributed by atoms with E-state index in [9.17, 15) is 0 Å². The highest BCUT2D eigenvalue weighted by atomic mass is 15.0. The first-order valence-electron chi connectivity index (χ1n) is 4.76. The Kier molecular flexibility index (Phi) is 2.88. The Balaban J connectivity index is 2.26. The molecule has 15 heavy (non-hydrogen) atoms. The van der Waals surface area contributed by atoms with E-state index in [1.807, 2.05) is 12.1 Å². The van der Waals surface area contributed by atoms with Gasteiger partial charge in [-0.15, -0.1) is 6.58 Å². The first kappa shape index (κ1) is 9.58. The minimum Gasteiger partial charge on any atom is -0.341 e. The average Bonchev–Trinajstić information content (AvgIpc) is 2.47.